The summed E-state index contributed by atoms with van der Waals surface area (Å²) in [5.41, 5.74) is 0. The molecular weight excluding hydrogens is 270 g/mol. The molecule has 100 valence electrons. The second kappa shape index (κ2) is 6.05. The fraction of sp³-hybridized carbons (Fsp3) is 0.300. The second-order valence-corrected chi connectivity index (χ2v) is 4.56. The molecule has 0 spiro atoms. The van der Waals surface area contributed by atoms with Crippen molar-refractivity contribution in [3.05, 3.63) is 17.5 Å². The lowest BCUT2D eigenvalue weighted by atomic mass is 10.4. The first-order valence-corrected chi connectivity index (χ1v) is 6.33. The van der Waals surface area contributed by atoms with Crippen LogP contribution in [0.1, 0.15) is 6.42 Å². The number of carbonyl (C=O) groups excluding carboxylic acids is 1. The van der Waals surface area contributed by atoms with E-state index in [9.17, 15) is 9.59 Å². The molecule has 0 aliphatic carbocycles. The van der Waals surface area contributed by atoms with Crippen molar-refractivity contribution >= 4 is 23.2 Å². The quantitative estimate of drug-likeness (QED) is 0.770. The molecule has 0 unspecified atom stereocenters. The summed E-state index contributed by atoms with van der Waals surface area (Å²) in [6, 6.07) is 3.73. The molecule has 0 aliphatic rings. The van der Waals surface area contributed by atoms with E-state index < -0.39 is 5.97 Å². The molecule has 2 heterocycles. The SMILES string of the molecule is O=C(O)CCNC(=O)Cn1nnc(-c2cccs2)n1. The number of carboxylic acids is 1. The van der Waals surface area contributed by atoms with Crippen LogP contribution < -0.4 is 5.32 Å². The fourth-order valence-corrected chi connectivity index (χ4v) is 1.96. The topological polar surface area (TPSA) is 110 Å². The molecule has 0 fully saturated rings. The number of hydrogen-bond donors (Lipinski definition) is 2. The predicted octanol–water partition coefficient (Wildman–Crippen LogP) is -0.00750. The molecule has 2 aromatic rings. The van der Waals surface area contributed by atoms with Gasteiger partial charge in [0.25, 0.3) is 0 Å². The predicted molar refractivity (Wildman–Crippen MR) is 66.4 cm³/mol. The highest BCUT2D eigenvalue weighted by Gasteiger charge is 2.09. The van der Waals surface area contributed by atoms with Crippen LogP contribution in [0.15, 0.2) is 17.5 Å². The highest BCUT2D eigenvalue weighted by molar-refractivity contribution is 7.13. The molecule has 2 N–H and O–H groups in total. The number of nitrogens with one attached hydrogen (secondary N) is 1. The maximum absolute atomic E-state index is 11.5. The summed E-state index contributed by atoms with van der Waals surface area (Å²) in [5, 5.41) is 24.5. The van der Waals surface area contributed by atoms with Gasteiger partial charge in [-0.15, -0.1) is 21.5 Å². The van der Waals surface area contributed by atoms with Crippen LogP contribution in [-0.4, -0.2) is 43.7 Å². The average Bonchev–Trinajstić information content (AvgIpc) is 2.97. The zero-order valence-corrected chi connectivity index (χ0v) is 10.6. The summed E-state index contributed by atoms with van der Waals surface area (Å²) in [6.45, 7) is -0.00135. The summed E-state index contributed by atoms with van der Waals surface area (Å²) < 4.78 is 0. The van der Waals surface area contributed by atoms with E-state index in [1.165, 1.54) is 16.1 Å². The summed E-state index contributed by atoms with van der Waals surface area (Å²) in [4.78, 5) is 23.8. The van der Waals surface area contributed by atoms with Gasteiger partial charge in [0, 0.05) is 6.54 Å². The van der Waals surface area contributed by atoms with Crippen LogP contribution in [0.4, 0.5) is 0 Å². The molecule has 0 aliphatic heterocycles. The molecule has 0 saturated carbocycles. The van der Waals surface area contributed by atoms with Crippen molar-refractivity contribution in [2.75, 3.05) is 6.54 Å². The van der Waals surface area contributed by atoms with Gasteiger partial charge in [-0.2, -0.15) is 4.80 Å². The van der Waals surface area contributed by atoms with Crippen molar-refractivity contribution in [2.24, 2.45) is 0 Å². The molecule has 1 amide bonds. The maximum atomic E-state index is 11.5. The molecule has 0 saturated heterocycles. The van der Waals surface area contributed by atoms with Crippen LogP contribution in [-0.2, 0) is 16.1 Å². The van der Waals surface area contributed by atoms with Gasteiger partial charge in [0.05, 0.1) is 11.3 Å². The zero-order valence-electron chi connectivity index (χ0n) is 9.81. The Morgan fingerprint density at radius 1 is 1.47 bits per heavy atom. The van der Waals surface area contributed by atoms with Crippen molar-refractivity contribution in [2.45, 2.75) is 13.0 Å². The monoisotopic (exact) mass is 281 g/mol. The van der Waals surface area contributed by atoms with Gasteiger partial charge in [-0.3, -0.25) is 9.59 Å². The fourth-order valence-electron chi connectivity index (χ4n) is 1.31. The Labute approximate surface area is 112 Å². The summed E-state index contributed by atoms with van der Waals surface area (Å²) in [6.07, 6.45) is -0.114. The Bertz CT molecular complexity index is 565. The standard InChI is InChI=1S/C10H11N5O3S/c16-8(11-4-3-9(17)18)6-15-13-10(12-14-15)7-2-1-5-19-7/h1-2,5H,3-4,6H2,(H,11,16)(H,17,18). The summed E-state index contributed by atoms with van der Waals surface area (Å²) in [7, 11) is 0. The van der Waals surface area contributed by atoms with Crippen LogP contribution in [0.3, 0.4) is 0 Å². The molecule has 0 aromatic carbocycles. The van der Waals surface area contributed by atoms with Gasteiger partial charge in [-0.1, -0.05) is 6.07 Å². The van der Waals surface area contributed by atoms with Crippen molar-refractivity contribution < 1.29 is 14.7 Å². The van der Waals surface area contributed by atoms with Crippen molar-refractivity contribution in [1.82, 2.24) is 25.5 Å². The number of amides is 1. The third-order valence-electron chi connectivity index (χ3n) is 2.14. The molecule has 0 bridgehead atoms. The van der Waals surface area contributed by atoms with Crippen LogP contribution in [0.25, 0.3) is 10.7 Å². The molecule has 8 nitrogen and oxygen atoms in total. The Morgan fingerprint density at radius 2 is 2.32 bits per heavy atom. The normalized spacial score (nSPS) is 10.3. The number of hydrogen-bond acceptors (Lipinski definition) is 6. The lowest BCUT2D eigenvalue weighted by molar-refractivity contribution is -0.136. The first kappa shape index (κ1) is 13.1. The Hall–Kier alpha value is -2.29. The molecular formula is C10H11N5O3S. The van der Waals surface area contributed by atoms with E-state index in [-0.39, 0.29) is 25.4 Å². The van der Waals surface area contributed by atoms with Crippen molar-refractivity contribution in [3.63, 3.8) is 0 Å². The largest absolute Gasteiger partial charge is 0.481 e. The minimum Gasteiger partial charge on any atom is -0.481 e. The van der Waals surface area contributed by atoms with Crippen molar-refractivity contribution in [3.8, 4) is 10.7 Å². The van der Waals surface area contributed by atoms with E-state index in [1.807, 2.05) is 17.5 Å². The number of nitrogens with zero attached hydrogens (tertiary/aromatic N) is 4. The van der Waals surface area contributed by atoms with Crippen LogP contribution >= 0.6 is 11.3 Å². The Kier molecular flexibility index (Phi) is 4.18. The minimum atomic E-state index is -0.959. The van der Waals surface area contributed by atoms with Crippen molar-refractivity contribution in [1.29, 1.82) is 0 Å². The number of aliphatic carboxylic acids is 1. The van der Waals surface area contributed by atoms with Gasteiger partial charge < -0.3 is 10.4 Å². The van der Waals surface area contributed by atoms with Gasteiger partial charge in [-0.25, -0.2) is 0 Å². The van der Waals surface area contributed by atoms with E-state index in [1.54, 1.807) is 0 Å². The van der Waals surface area contributed by atoms with Gasteiger partial charge in [0.2, 0.25) is 11.7 Å². The van der Waals surface area contributed by atoms with Crippen LogP contribution in [0.2, 0.25) is 0 Å². The lowest BCUT2D eigenvalue weighted by Gasteiger charge is -2.01. The third kappa shape index (κ3) is 3.85. The number of carboxylic acid groups (broad SMARTS) is 1. The Morgan fingerprint density at radius 3 is 3.00 bits per heavy atom. The van der Waals surface area contributed by atoms with E-state index in [2.05, 4.69) is 20.7 Å². The van der Waals surface area contributed by atoms with Gasteiger partial charge in [0.15, 0.2) is 0 Å². The number of aromatic nitrogens is 4. The number of rotatable bonds is 6. The molecule has 0 atom stereocenters. The molecule has 2 rings (SSSR count). The highest BCUT2D eigenvalue weighted by atomic mass is 32.1. The first-order valence-electron chi connectivity index (χ1n) is 5.45. The van der Waals surface area contributed by atoms with Crippen LogP contribution in [0.5, 0.6) is 0 Å². The zero-order chi connectivity index (χ0) is 13.7. The molecule has 19 heavy (non-hydrogen) atoms. The number of carbonyl (C=O) groups is 2. The first-order chi connectivity index (χ1) is 9.15. The lowest BCUT2D eigenvalue weighted by Crippen LogP contribution is -2.30. The molecule has 2 aromatic heterocycles. The summed E-state index contributed by atoms with van der Waals surface area (Å²) >= 11 is 1.48. The second-order valence-electron chi connectivity index (χ2n) is 3.61. The van der Waals surface area contributed by atoms with E-state index in [0.717, 1.165) is 4.88 Å². The van der Waals surface area contributed by atoms with Gasteiger partial charge >= 0.3 is 5.97 Å². The summed E-state index contributed by atoms with van der Waals surface area (Å²) in [5.74, 6) is -0.844. The smallest absolute Gasteiger partial charge is 0.305 e. The van der Waals surface area contributed by atoms with E-state index in [4.69, 9.17) is 5.11 Å². The van der Waals surface area contributed by atoms with E-state index >= 15 is 0 Å². The molecule has 9 heteroatoms. The number of thiophene rings is 1. The Balaban J connectivity index is 1.86. The van der Waals surface area contributed by atoms with Crippen LogP contribution in [0, 0.1) is 0 Å². The number of tetrazole rings is 1. The maximum Gasteiger partial charge on any atom is 0.305 e. The molecule has 0 radical (unpaired) electrons. The van der Waals surface area contributed by atoms with E-state index in [0.29, 0.717) is 5.82 Å². The average molecular weight is 281 g/mol. The minimum absolute atomic E-state index is 0.0840. The third-order valence-corrected chi connectivity index (χ3v) is 3.01. The van der Waals surface area contributed by atoms with Gasteiger partial charge in [0.1, 0.15) is 6.54 Å². The van der Waals surface area contributed by atoms with Gasteiger partial charge in [-0.05, 0) is 16.7 Å². The highest BCUT2D eigenvalue weighted by Crippen LogP contribution is 2.19.